The average molecular weight is 975 g/mol. The summed E-state index contributed by atoms with van der Waals surface area (Å²) in [6, 6.07) is 53.2. The van der Waals surface area contributed by atoms with Crippen LogP contribution < -0.4 is 19.6 Å². The number of anilines is 8. The van der Waals surface area contributed by atoms with E-state index < -0.39 is 0 Å². The minimum atomic E-state index is -0.177. The van der Waals surface area contributed by atoms with Gasteiger partial charge in [-0.25, -0.2) is 19.9 Å². The van der Waals surface area contributed by atoms with Gasteiger partial charge in [-0.2, -0.15) is 0 Å². The van der Waals surface area contributed by atoms with Crippen LogP contribution in [0.15, 0.2) is 146 Å². The molecule has 2 aliphatic carbocycles. The van der Waals surface area contributed by atoms with Gasteiger partial charge < -0.3 is 19.6 Å². The van der Waals surface area contributed by atoms with Gasteiger partial charge in [-0.1, -0.05) is 191 Å². The van der Waals surface area contributed by atoms with Crippen molar-refractivity contribution in [2.24, 2.45) is 10.8 Å². The second-order valence-electron chi connectivity index (χ2n) is 24.8. The number of benzene rings is 6. The summed E-state index contributed by atoms with van der Waals surface area (Å²) < 4.78 is 0. The average Bonchev–Trinajstić information content (AvgIpc) is 4.02. The summed E-state index contributed by atoms with van der Waals surface area (Å²) in [5, 5.41) is 0. The molecule has 0 saturated carbocycles. The summed E-state index contributed by atoms with van der Waals surface area (Å²) >= 11 is 0. The maximum atomic E-state index is 5.61. The summed E-state index contributed by atoms with van der Waals surface area (Å²) in [6.07, 6.45) is 0. The van der Waals surface area contributed by atoms with E-state index >= 15 is 0 Å². The van der Waals surface area contributed by atoms with Gasteiger partial charge in [0, 0.05) is 44.4 Å². The van der Waals surface area contributed by atoms with Crippen molar-refractivity contribution in [3.8, 4) is 33.4 Å². The highest BCUT2D eigenvalue weighted by atomic mass is 15.4. The highest BCUT2D eigenvalue weighted by molar-refractivity contribution is 5.96. The van der Waals surface area contributed by atoms with E-state index in [2.05, 4.69) is 262 Å². The normalized spacial score (nSPS) is 18.8. The Hall–Kier alpha value is -7.32. The standard InChI is InChI=1S/C66H70N8/c1-41-36-42(2)38-45(37-41)52-50(43-28-32-48(33-29-43)73-39-71(46-22-17-15-18-23-46)57-59(73)69-55-53(67-57)61(3,4)65(11,12)63(55,7)8)26-21-27-51(52)44-30-34-49(35-31-44)74-40-72(47-24-19-16-20-25-47)58-60(74)70-56-54(68-58)62(5,6)66(13,14)64(56,9)10/h15-38H,39-40H2,1-14H3. The number of nitrogens with zero attached hydrogens (tertiary/aromatic N) is 8. The number of aryl methyl sites for hydroxylation is 2. The van der Waals surface area contributed by atoms with E-state index in [1.807, 2.05) is 0 Å². The Kier molecular flexibility index (Phi) is 10.4. The van der Waals surface area contributed by atoms with Gasteiger partial charge in [-0.3, -0.25) is 0 Å². The zero-order valence-corrected chi connectivity index (χ0v) is 45.8. The van der Waals surface area contributed by atoms with Crippen molar-refractivity contribution in [2.75, 3.05) is 32.9 Å². The lowest BCUT2D eigenvalue weighted by atomic mass is 9.60. The van der Waals surface area contributed by atoms with Crippen LogP contribution in [-0.4, -0.2) is 33.3 Å². The molecule has 0 spiro atoms. The third-order valence-corrected chi connectivity index (χ3v) is 19.6. The van der Waals surface area contributed by atoms with Gasteiger partial charge in [0.1, 0.15) is 13.3 Å². The van der Waals surface area contributed by atoms with E-state index in [4.69, 9.17) is 19.9 Å². The molecule has 74 heavy (non-hydrogen) atoms. The van der Waals surface area contributed by atoms with Crippen molar-refractivity contribution in [3.05, 3.63) is 179 Å². The van der Waals surface area contributed by atoms with Crippen LogP contribution in [0.5, 0.6) is 0 Å². The molecule has 0 unspecified atom stereocenters. The van der Waals surface area contributed by atoms with Crippen LogP contribution >= 0.6 is 0 Å². The molecule has 0 N–H and O–H groups in total. The highest BCUT2D eigenvalue weighted by Crippen LogP contribution is 2.63. The van der Waals surface area contributed by atoms with Gasteiger partial charge >= 0.3 is 0 Å². The third kappa shape index (κ3) is 6.64. The van der Waals surface area contributed by atoms with E-state index in [1.54, 1.807) is 0 Å². The summed E-state index contributed by atoms with van der Waals surface area (Å²) in [5.41, 5.74) is 17.5. The molecule has 0 atom stereocenters. The fourth-order valence-electron chi connectivity index (χ4n) is 12.7. The minimum absolute atomic E-state index is 0.0568. The molecule has 4 heterocycles. The van der Waals surface area contributed by atoms with E-state index in [0.717, 1.165) is 79.9 Å². The Labute approximate surface area is 439 Å². The molecule has 2 aliphatic heterocycles. The molecular formula is C66H70N8. The maximum Gasteiger partial charge on any atom is 0.178 e. The van der Waals surface area contributed by atoms with Crippen molar-refractivity contribution in [1.29, 1.82) is 0 Å². The van der Waals surface area contributed by atoms with Crippen molar-refractivity contribution in [3.63, 3.8) is 0 Å². The number of para-hydroxylation sites is 2. The van der Waals surface area contributed by atoms with Crippen molar-refractivity contribution in [1.82, 2.24) is 19.9 Å². The molecule has 8 nitrogen and oxygen atoms in total. The first-order valence-corrected chi connectivity index (χ1v) is 26.5. The number of rotatable bonds is 7. The summed E-state index contributed by atoms with van der Waals surface area (Å²) in [5.74, 6) is 3.63. The maximum absolute atomic E-state index is 5.61. The van der Waals surface area contributed by atoms with Gasteiger partial charge in [-0.15, -0.1) is 0 Å². The first-order valence-electron chi connectivity index (χ1n) is 26.5. The van der Waals surface area contributed by atoms with Crippen LogP contribution in [0.2, 0.25) is 0 Å². The van der Waals surface area contributed by atoms with E-state index in [-0.39, 0.29) is 32.5 Å². The molecule has 6 aromatic carbocycles. The molecular weight excluding hydrogens is 905 g/mol. The van der Waals surface area contributed by atoms with Crippen LogP contribution in [0, 0.1) is 24.7 Å². The predicted octanol–water partition coefficient (Wildman–Crippen LogP) is 16.6. The molecule has 2 aromatic heterocycles. The number of hydrogen-bond donors (Lipinski definition) is 0. The van der Waals surface area contributed by atoms with Crippen LogP contribution in [0.25, 0.3) is 33.4 Å². The quantitative estimate of drug-likeness (QED) is 0.157. The second kappa shape index (κ2) is 16.1. The minimum Gasteiger partial charge on any atom is -0.305 e. The van der Waals surface area contributed by atoms with Gasteiger partial charge in [0.15, 0.2) is 23.3 Å². The lowest BCUT2D eigenvalue weighted by Gasteiger charge is -2.43. The Morgan fingerprint density at radius 1 is 0.324 bits per heavy atom. The van der Waals surface area contributed by atoms with Crippen LogP contribution in [-0.2, 0) is 21.7 Å². The van der Waals surface area contributed by atoms with Crippen molar-refractivity contribution < 1.29 is 0 Å². The van der Waals surface area contributed by atoms with Crippen molar-refractivity contribution in [2.45, 2.75) is 119 Å². The monoisotopic (exact) mass is 975 g/mol. The molecule has 8 aromatic rings. The fourth-order valence-corrected chi connectivity index (χ4v) is 12.7. The molecule has 0 saturated heterocycles. The van der Waals surface area contributed by atoms with Gasteiger partial charge in [0.05, 0.1) is 22.8 Å². The number of aromatic nitrogens is 4. The third-order valence-electron chi connectivity index (χ3n) is 19.6. The lowest BCUT2D eigenvalue weighted by Crippen LogP contribution is -2.42. The molecule has 4 aliphatic rings. The smallest absolute Gasteiger partial charge is 0.178 e. The van der Waals surface area contributed by atoms with Crippen LogP contribution in [0.4, 0.5) is 46.0 Å². The molecule has 0 radical (unpaired) electrons. The zero-order valence-electron chi connectivity index (χ0n) is 45.8. The Morgan fingerprint density at radius 3 is 0.932 bits per heavy atom. The Bertz CT molecular complexity index is 3310. The summed E-state index contributed by atoms with van der Waals surface area (Å²) in [7, 11) is 0. The zero-order chi connectivity index (χ0) is 52.1. The van der Waals surface area contributed by atoms with Gasteiger partial charge in [-0.05, 0) is 107 Å². The summed E-state index contributed by atoms with van der Waals surface area (Å²) in [6.45, 7) is 33.8. The first-order chi connectivity index (χ1) is 35.0. The second-order valence-corrected chi connectivity index (χ2v) is 24.8. The lowest BCUT2D eigenvalue weighted by molar-refractivity contribution is 0.122. The van der Waals surface area contributed by atoms with E-state index in [9.17, 15) is 0 Å². The van der Waals surface area contributed by atoms with E-state index in [0.29, 0.717) is 13.3 Å². The highest BCUT2D eigenvalue weighted by Gasteiger charge is 2.61. The van der Waals surface area contributed by atoms with Gasteiger partial charge in [0.2, 0.25) is 0 Å². The summed E-state index contributed by atoms with van der Waals surface area (Å²) in [4.78, 5) is 31.7. The number of fused-ring (bicyclic) bond motifs is 4. The molecule has 0 amide bonds. The van der Waals surface area contributed by atoms with Crippen LogP contribution in [0.1, 0.15) is 117 Å². The Balaban J connectivity index is 0.933. The topological polar surface area (TPSA) is 64.5 Å². The largest absolute Gasteiger partial charge is 0.305 e. The molecule has 12 rings (SSSR count). The predicted molar refractivity (Wildman–Crippen MR) is 307 cm³/mol. The van der Waals surface area contributed by atoms with Gasteiger partial charge in [0.25, 0.3) is 0 Å². The fraction of sp³-hybridized carbons (Fsp3) is 0.333. The first kappa shape index (κ1) is 47.7. The molecule has 0 bridgehead atoms. The molecule has 0 fully saturated rings. The van der Waals surface area contributed by atoms with Crippen LogP contribution in [0.3, 0.4) is 0 Å². The molecule has 374 valence electrons. The van der Waals surface area contributed by atoms with E-state index in [1.165, 1.54) is 33.4 Å². The SMILES string of the molecule is Cc1cc(C)cc(-c2c(-c3ccc(N4CN(c5ccccc5)c5nc6c(nc54)C(C)(C)C(C)(C)C6(C)C)cc3)cccc2-c2ccc(N3CN(c4ccccc4)c4nc5c(nc43)C(C)(C)C(C)(C)C5(C)C)cc2)c1. The molecule has 8 heteroatoms. The number of hydrogen-bond acceptors (Lipinski definition) is 8. The van der Waals surface area contributed by atoms with Crippen molar-refractivity contribution >= 4 is 46.0 Å². The Morgan fingerprint density at radius 2 is 0.622 bits per heavy atom.